The smallest absolute Gasteiger partial charge is 0.0409 e. The van der Waals surface area contributed by atoms with Crippen molar-refractivity contribution in [1.82, 2.24) is 0 Å². The second-order valence-electron chi connectivity index (χ2n) is 8.53. The van der Waals surface area contributed by atoms with Gasteiger partial charge in [-0.2, -0.15) is 0 Å². The maximum atomic E-state index is 2.43. The molecule has 148 valence electrons. The SMILES string of the molecule is C1=CC(C(c2ccccc2)(c2ccccc2)C2C=Cc3ccccc32)c2ccccc21. The van der Waals surface area contributed by atoms with E-state index >= 15 is 0 Å². The van der Waals surface area contributed by atoms with Crippen LogP contribution in [0.4, 0.5) is 0 Å². The van der Waals surface area contributed by atoms with Crippen LogP contribution in [0, 0.1) is 0 Å². The first kappa shape index (κ1) is 18.2. The van der Waals surface area contributed by atoms with Gasteiger partial charge in [-0.15, -0.1) is 0 Å². The molecule has 0 radical (unpaired) electrons. The molecule has 0 saturated heterocycles. The normalized spacial score (nSPS) is 18.7. The predicted molar refractivity (Wildman–Crippen MR) is 130 cm³/mol. The zero-order valence-electron chi connectivity index (χ0n) is 17.4. The third kappa shape index (κ3) is 2.68. The molecule has 2 aliphatic rings. The molecular formula is C31H24. The van der Waals surface area contributed by atoms with Gasteiger partial charge in [0, 0.05) is 17.3 Å². The van der Waals surface area contributed by atoms with E-state index in [4.69, 9.17) is 0 Å². The van der Waals surface area contributed by atoms with E-state index in [1.807, 2.05) is 0 Å². The molecule has 4 aromatic carbocycles. The Labute approximate surface area is 184 Å². The Hall–Kier alpha value is -3.64. The highest BCUT2D eigenvalue weighted by atomic mass is 14.5. The molecule has 0 fully saturated rings. The van der Waals surface area contributed by atoms with E-state index in [2.05, 4.69) is 133 Å². The molecule has 2 aliphatic carbocycles. The van der Waals surface area contributed by atoms with E-state index in [9.17, 15) is 0 Å². The lowest BCUT2D eigenvalue weighted by molar-refractivity contribution is 0.423. The molecule has 0 aliphatic heterocycles. The molecule has 2 atom stereocenters. The van der Waals surface area contributed by atoms with Gasteiger partial charge in [0.15, 0.2) is 0 Å². The zero-order chi connectivity index (χ0) is 20.7. The molecule has 0 nitrogen and oxygen atoms in total. The molecule has 2 unspecified atom stereocenters. The number of hydrogen-bond acceptors (Lipinski definition) is 0. The fourth-order valence-corrected chi connectivity index (χ4v) is 5.80. The Morgan fingerprint density at radius 1 is 0.419 bits per heavy atom. The van der Waals surface area contributed by atoms with Crippen molar-refractivity contribution in [3.8, 4) is 0 Å². The van der Waals surface area contributed by atoms with E-state index in [1.54, 1.807) is 0 Å². The van der Waals surface area contributed by atoms with Crippen LogP contribution in [0.25, 0.3) is 12.2 Å². The molecular weight excluding hydrogens is 372 g/mol. The fourth-order valence-electron chi connectivity index (χ4n) is 5.80. The molecule has 6 rings (SSSR count). The van der Waals surface area contributed by atoms with Crippen molar-refractivity contribution in [2.24, 2.45) is 0 Å². The summed E-state index contributed by atoms with van der Waals surface area (Å²) in [5.74, 6) is 0.489. The maximum Gasteiger partial charge on any atom is 0.0409 e. The molecule has 0 heterocycles. The van der Waals surface area contributed by atoms with Crippen LogP contribution in [0.2, 0.25) is 0 Å². The van der Waals surface area contributed by atoms with Crippen LogP contribution in [-0.4, -0.2) is 0 Å². The van der Waals surface area contributed by atoms with Crippen LogP contribution in [0.1, 0.15) is 45.2 Å². The predicted octanol–water partition coefficient (Wildman–Crippen LogP) is 7.59. The average molecular weight is 397 g/mol. The van der Waals surface area contributed by atoms with E-state index in [-0.39, 0.29) is 17.3 Å². The van der Waals surface area contributed by atoms with Gasteiger partial charge in [0.1, 0.15) is 0 Å². The summed E-state index contributed by atoms with van der Waals surface area (Å²) in [7, 11) is 0. The summed E-state index contributed by atoms with van der Waals surface area (Å²) in [6.45, 7) is 0. The molecule has 0 aromatic heterocycles. The molecule has 0 spiro atoms. The molecule has 4 aromatic rings. The summed E-state index contributed by atoms with van der Waals surface area (Å²) in [5.41, 5.74) is 7.96. The van der Waals surface area contributed by atoms with Gasteiger partial charge in [-0.3, -0.25) is 0 Å². The van der Waals surface area contributed by atoms with E-state index in [0.29, 0.717) is 0 Å². The van der Waals surface area contributed by atoms with Crippen LogP contribution in [-0.2, 0) is 5.41 Å². The first-order valence-corrected chi connectivity index (χ1v) is 11.0. The van der Waals surface area contributed by atoms with Gasteiger partial charge in [0.2, 0.25) is 0 Å². The lowest BCUT2D eigenvalue weighted by Crippen LogP contribution is -2.39. The van der Waals surface area contributed by atoms with Crippen LogP contribution in [0.3, 0.4) is 0 Å². The van der Waals surface area contributed by atoms with E-state index in [0.717, 1.165) is 0 Å². The van der Waals surface area contributed by atoms with Crippen molar-refractivity contribution >= 4 is 12.2 Å². The van der Waals surface area contributed by atoms with Gasteiger partial charge in [-0.25, -0.2) is 0 Å². The van der Waals surface area contributed by atoms with Crippen molar-refractivity contribution < 1.29 is 0 Å². The van der Waals surface area contributed by atoms with E-state index in [1.165, 1.54) is 33.4 Å². The quantitative estimate of drug-likeness (QED) is 0.333. The Kier molecular flexibility index (Phi) is 4.25. The van der Waals surface area contributed by atoms with Crippen LogP contribution < -0.4 is 0 Å². The summed E-state index contributed by atoms with van der Waals surface area (Å²) >= 11 is 0. The minimum Gasteiger partial charge on any atom is -0.0751 e. The molecule has 0 bridgehead atoms. The maximum absolute atomic E-state index is 2.43. The second kappa shape index (κ2) is 7.25. The van der Waals surface area contributed by atoms with Crippen LogP contribution in [0.15, 0.2) is 121 Å². The molecule has 0 heteroatoms. The topological polar surface area (TPSA) is 0 Å². The van der Waals surface area contributed by atoms with Crippen molar-refractivity contribution in [3.63, 3.8) is 0 Å². The molecule has 0 amide bonds. The summed E-state index contributed by atoms with van der Waals surface area (Å²) in [6.07, 6.45) is 9.48. The first-order valence-electron chi connectivity index (χ1n) is 11.0. The van der Waals surface area contributed by atoms with Crippen molar-refractivity contribution in [2.45, 2.75) is 17.3 Å². The van der Waals surface area contributed by atoms with Crippen molar-refractivity contribution in [3.05, 3.63) is 155 Å². The van der Waals surface area contributed by atoms with E-state index < -0.39 is 0 Å². The molecule has 0 saturated carbocycles. The Balaban J connectivity index is 1.70. The summed E-state index contributed by atoms with van der Waals surface area (Å²) in [5, 5.41) is 0. The highest BCUT2D eigenvalue weighted by molar-refractivity contribution is 5.71. The standard InChI is InChI=1S/C31H24/c1-3-13-25(14-4-1)31(26-15-5-2-6-16-26,29-21-19-23-11-7-9-17-27(23)29)30-22-20-24-12-8-10-18-28(24)30/h1-22,29-30H. The number of rotatable bonds is 4. The highest BCUT2D eigenvalue weighted by Crippen LogP contribution is 2.58. The lowest BCUT2D eigenvalue weighted by Gasteiger charge is -2.45. The number of allylic oxidation sites excluding steroid dienone is 2. The second-order valence-corrected chi connectivity index (χ2v) is 8.53. The number of hydrogen-bond donors (Lipinski definition) is 0. The minimum absolute atomic E-state index is 0.241. The largest absolute Gasteiger partial charge is 0.0751 e. The van der Waals surface area contributed by atoms with Crippen LogP contribution in [0.5, 0.6) is 0 Å². The summed E-state index contributed by atoms with van der Waals surface area (Å²) < 4.78 is 0. The van der Waals surface area contributed by atoms with Crippen LogP contribution >= 0.6 is 0 Å². The Morgan fingerprint density at radius 2 is 0.806 bits per heavy atom. The summed E-state index contributed by atoms with van der Waals surface area (Å²) in [6, 6.07) is 40.0. The zero-order valence-corrected chi connectivity index (χ0v) is 17.4. The van der Waals surface area contributed by atoms with Gasteiger partial charge in [-0.1, -0.05) is 133 Å². The van der Waals surface area contributed by atoms with Gasteiger partial charge in [0.05, 0.1) is 0 Å². The third-order valence-electron chi connectivity index (χ3n) is 7.08. The minimum atomic E-state index is -0.241. The summed E-state index contributed by atoms with van der Waals surface area (Å²) in [4.78, 5) is 0. The van der Waals surface area contributed by atoms with Gasteiger partial charge in [-0.05, 0) is 33.4 Å². The molecule has 0 N–H and O–H groups in total. The highest BCUT2D eigenvalue weighted by Gasteiger charge is 2.50. The Bertz CT molecular complexity index is 1170. The Morgan fingerprint density at radius 3 is 1.26 bits per heavy atom. The van der Waals surface area contributed by atoms with Gasteiger partial charge < -0.3 is 0 Å². The average Bonchev–Trinajstić information content (AvgIpc) is 3.47. The molecule has 31 heavy (non-hydrogen) atoms. The van der Waals surface area contributed by atoms with Crippen molar-refractivity contribution in [2.75, 3.05) is 0 Å². The van der Waals surface area contributed by atoms with Gasteiger partial charge in [0.25, 0.3) is 0 Å². The van der Waals surface area contributed by atoms with Gasteiger partial charge >= 0.3 is 0 Å². The number of fused-ring (bicyclic) bond motifs is 2. The van der Waals surface area contributed by atoms with Crippen molar-refractivity contribution in [1.29, 1.82) is 0 Å². The third-order valence-corrected chi connectivity index (χ3v) is 7.08. The lowest BCUT2D eigenvalue weighted by atomic mass is 9.56. The monoisotopic (exact) mass is 396 g/mol. The fraction of sp³-hybridized carbons (Fsp3) is 0.0968. The first-order chi connectivity index (χ1) is 15.4. The number of benzene rings is 4.